The van der Waals surface area contributed by atoms with Crippen LogP contribution >= 0.6 is 22.9 Å². The zero-order valence-electron chi connectivity index (χ0n) is 12.3. The molecule has 0 atom stereocenters. The van der Waals surface area contributed by atoms with Crippen LogP contribution in [0.5, 0.6) is 0 Å². The number of fused-ring (bicyclic) bond motifs is 1. The molecule has 0 saturated carbocycles. The summed E-state index contributed by atoms with van der Waals surface area (Å²) in [7, 11) is 0. The van der Waals surface area contributed by atoms with Crippen molar-refractivity contribution in [2.75, 3.05) is 5.32 Å². The van der Waals surface area contributed by atoms with E-state index in [1.807, 2.05) is 17.5 Å². The minimum absolute atomic E-state index is 0.240. The van der Waals surface area contributed by atoms with Crippen LogP contribution in [-0.4, -0.2) is 20.2 Å². The average Bonchev–Trinajstić information content (AvgIpc) is 3.26. The quantitative estimate of drug-likeness (QED) is 0.563. The highest BCUT2D eigenvalue weighted by molar-refractivity contribution is 7.13. The summed E-state index contributed by atoms with van der Waals surface area (Å²) in [5.74, 6) is 0.819. The topological polar surface area (TPSA) is 66.5 Å². The fraction of sp³-hybridized carbons (Fsp3) is 0.0625. The standard InChI is InChI=1S/C16H11ClFN5S/c17-10-5-6-19-15-9(10)3-4-11(14(15)18)20-8-13-21-16(23-22-13)12-2-1-7-24-12/h1-7,20H,8H2,(H,21,22,23). The Morgan fingerprint density at radius 1 is 1.25 bits per heavy atom. The number of anilines is 1. The maximum absolute atomic E-state index is 14.6. The second-order valence-corrected chi connectivity index (χ2v) is 6.41. The number of halogens is 2. The van der Waals surface area contributed by atoms with Crippen LogP contribution in [0.4, 0.5) is 10.1 Å². The molecule has 0 saturated heterocycles. The number of hydrogen-bond donors (Lipinski definition) is 2. The lowest BCUT2D eigenvalue weighted by molar-refractivity contribution is 0.638. The molecule has 0 fully saturated rings. The molecule has 3 heterocycles. The summed E-state index contributed by atoms with van der Waals surface area (Å²) < 4.78 is 14.6. The second kappa shape index (κ2) is 6.18. The van der Waals surface area contributed by atoms with Crippen molar-refractivity contribution in [2.45, 2.75) is 6.54 Å². The summed E-state index contributed by atoms with van der Waals surface area (Å²) in [5.41, 5.74) is 0.579. The maximum atomic E-state index is 14.6. The molecule has 2 N–H and O–H groups in total. The van der Waals surface area contributed by atoms with Gasteiger partial charge in [0.25, 0.3) is 0 Å². The third kappa shape index (κ3) is 2.72. The van der Waals surface area contributed by atoms with Crippen LogP contribution in [0.25, 0.3) is 21.6 Å². The predicted molar refractivity (Wildman–Crippen MR) is 93.7 cm³/mol. The highest BCUT2D eigenvalue weighted by Gasteiger charge is 2.12. The van der Waals surface area contributed by atoms with Gasteiger partial charge in [0.05, 0.1) is 22.1 Å². The zero-order chi connectivity index (χ0) is 16.5. The molecular weight excluding hydrogens is 349 g/mol. The van der Waals surface area contributed by atoms with Crippen molar-refractivity contribution in [3.63, 3.8) is 0 Å². The number of nitrogens with zero attached hydrogens (tertiary/aromatic N) is 3. The van der Waals surface area contributed by atoms with Gasteiger partial charge in [-0.2, -0.15) is 5.10 Å². The van der Waals surface area contributed by atoms with E-state index in [-0.39, 0.29) is 5.52 Å². The number of pyridine rings is 1. The van der Waals surface area contributed by atoms with E-state index in [0.29, 0.717) is 34.3 Å². The fourth-order valence-electron chi connectivity index (χ4n) is 2.36. The number of thiophene rings is 1. The predicted octanol–water partition coefficient (Wildman–Crippen LogP) is 4.49. The first-order valence-corrected chi connectivity index (χ1v) is 8.40. The first kappa shape index (κ1) is 15.0. The smallest absolute Gasteiger partial charge is 0.191 e. The van der Waals surface area contributed by atoms with Crippen LogP contribution < -0.4 is 5.32 Å². The van der Waals surface area contributed by atoms with Gasteiger partial charge in [0, 0.05) is 11.6 Å². The Labute approximate surface area is 145 Å². The summed E-state index contributed by atoms with van der Waals surface area (Å²) in [6.45, 7) is 0.321. The molecule has 0 aliphatic carbocycles. The molecule has 0 aliphatic heterocycles. The number of aromatic nitrogens is 4. The molecule has 0 radical (unpaired) electrons. The van der Waals surface area contributed by atoms with Crippen LogP contribution in [0, 0.1) is 5.82 Å². The molecule has 4 aromatic rings. The van der Waals surface area contributed by atoms with E-state index in [9.17, 15) is 4.39 Å². The SMILES string of the molecule is Fc1c(NCc2nc(-c3cccs3)n[nH]2)ccc2c(Cl)ccnc12. The zero-order valence-corrected chi connectivity index (χ0v) is 13.8. The summed E-state index contributed by atoms with van der Waals surface area (Å²) >= 11 is 7.62. The van der Waals surface area contributed by atoms with Crippen LogP contribution in [0.1, 0.15) is 5.82 Å². The van der Waals surface area contributed by atoms with E-state index in [0.717, 1.165) is 4.88 Å². The molecule has 0 bridgehead atoms. The molecule has 1 aromatic carbocycles. The Bertz CT molecular complexity index is 999. The van der Waals surface area contributed by atoms with E-state index >= 15 is 0 Å². The van der Waals surface area contributed by atoms with Crippen LogP contribution in [-0.2, 0) is 6.54 Å². The number of rotatable bonds is 4. The lowest BCUT2D eigenvalue weighted by Crippen LogP contribution is -2.04. The Hall–Kier alpha value is -2.51. The molecule has 5 nitrogen and oxygen atoms in total. The molecule has 0 spiro atoms. The lowest BCUT2D eigenvalue weighted by atomic mass is 10.2. The van der Waals surface area contributed by atoms with Gasteiger partial charge in [-0.3, -0.25) is 10.1 Å². The molecule has 0 aliphatic rings. The van der Waals surface area contributed by atoms with E-state index in [4.69, 9.17) is 11.6 Å². The molecule has 3 aromatic heterocycles. The van der Waals surface area contributed by atoms with Gasteiger partial charge in [-0.1, -0.05) is 17.7 Å². The summed E-state index contributed by atoms with van der Waals surface area (Å²) in [5, 5.41) is 13.1. The molecule has 120 valence electrons. The average molecular weight is 360 g/mol. The molecular formula is C16H11ClFN5S. The van der Waals surface area contributed by atoms with Crippen molar-refractivity contribution in [3.05, 3.63) is 58.6 Å². The largest absolute Gasteiger partial charge is 0.375 e. The molecule has 0 unspecified atom stereocenters. The second-order valence-electron chi connectivity index (χ2n) is 5.05. The molecule has 24 heavy (non-hydrogen) atoms. The van der Waals surface area contributed by atoms with Crippen molar-refractivity contribution < 1.29 is 4.39 Å². The monoisotopic (exact) mass is 359 g/mol. The Balaban J connectivity index is 1.56. The van der Waals surface area contributed by atoms with Crippen LogP contribution in [0.3, 0.4) is 0 Å². The Morgan fingerprint density at radius 2 is 2.17 bits per heavy atom. The van der Waals surface area contributed by atoms with Crippen molar-refractivity contribution in [2.24, 2.45) is 0 Å². The van der Waals surface area contributed by atoms with Gasteiger partial charge in [0.2, 0.25) is 0 Å². The maximum Gasteiger partial charge on any atom is 0.191 e. The molecule has 8 heteroatoms. The number of aromatic amines is 1. The lowest BCUT2D eigenvalue weighted by Gasteiger charge is -2.08. The summed E-state index contributed by atoms with van der Waals surface area (Å²) in [6, 6.07) is 8.91. The first-order valence-electron chi connectivity index (χ1n) is 7.14. The van der Waals surface area contributed by atoms with E-state index in [1.54, 1.807) is 29.5 Å². The highest BCUT2D eigenvalue weighted by atomic mass is 35.5. The third-order valence-corrected chi connectivity index (χ3v) is 4.71. The van der Waals surface area contributed by atoms with Gasteiger partial charge in [-0.15, -0.1) is 11.3 Å². The minimum atomic E-state index is -0.437. The van der Waals surface area contributed by atoms with E-state index in [1.165, 1.54) is 6.20 Å². The first-order chi connectivity index (χ1) is 11.7. The number of hydrogen-bond acceptors (Lipinski definition) is 5. The van der Waals surface area contributed by atoms with Gasteiger partial charge in [-0.25, -0.2) is 9.37 Å². The summed E-state index contributed by atoms with van der Waals surface area (Å²) in [4.78, 5) is 9.44. The number of benzene rings is 1. The van der Waals surface area contributed by atoms with E-state index < -0.39 is 5.82 Å². The van der Waals surface area contributed by atoms with Crippen molar-refractivity contribution >= 4 is 39.5 Å². The van der Waals surface area contributed by atoms with Crippen molar-refractivity contribution in [1.29, 1.82) is 0 Å². The van der Waals surface area contributed by atoms with Gasteiger partial charge in [0.15, 0.2) is 11.6 Å². The molecule has 0 amide bonds. The third-order valence-electron chi connectivity index (χ3n) is 3.52. The summed E-state index contributed by atoms with van der Waals surface area (Å²) in [6.07, 6.45) is 1.49. The van der Waals surface area contributed by atoms with Crippen LogP contribution in [0.15, 0.2) is 41.9 Å². The number of nitrogens with one attached hydrogen (secondary N) is 2. The van der Waals surface area contributed by atoms with Gasteiger partial charge in [0.1, 0.15) is 11.3 Å². The van der Waals surface area contributed by atoms with Crippen LogP contribution in [0.2, 0.25) is 5.02 Å². The van der Waals surface area contributed by atoms with E-state index in [2.05, 4.69) is 25.5 Å². The Kier molecular flexibility index (Phi) is 3.87. The van der Waals surface area contributed by atoms with Gasteiger partial charge >= 0.3 is 0 Å². The van der Waals surface area contributed by atoms with Crippen molar-refractivity contribution in [3.8, 4) is 10.7 Å². The fourth-order valence-corrected chi connectivity index (χ4v) is 3.22. The molecule has 4 rings (SSSR count). The van der Waals surface area contributed by atoms with Crippen molar-refractivity contribution in [1.82, 2.24) is 20.2 Å². The van der Waals surface area contributed by atoms with Gasteiger partial charge in [-0.05, 0) is 29.6 Å². The highest BCUT2D eigenvalue weighted by Crippen LogP contribution is 2.28. The minimum Gasteiger partial charge on any atom is -0.375 e. The van der Waals surface area contributed by atoms with Gasteiger partial charge < -0.3 is 5.32 Å². The Morgan fingerprint density at radius 3 is 3.00 bits per heavy atom. The normalized spacial score (nSPS) is 11.1. The number of H-pyrrole nitrogens is 1.